The third-order valence-electron chi connectivity index (χ3n) is 4.93. The smallest absolute Gasteiger partial charge is 0.305 e. The van der Waals surface area contributed by atoms with Crippen molar-refractivity contribution in [3.05, 3.63) is 35.4 Å². The lowest BCUT2D eigenvalue weighted by atomic mass is 9.93. The molecule has 1 fully saturated rings. The van der Waals surface area contributed by atoms with Crippen molar-refractivity contribution in [3.8, 4) is 6.07 Å². The number of hydrogen-bond acceptors (Lipinski definition) is 6. The summed E-state index contributed by atoms with van der Waals surface area (Å²) in [7, 11) is 1.44. The highest BCUT2D eigenvalue weighted by Gasteiger charge is 2.27. The molecule has 2 heterocycles. The predicted octanol–water partition coefficient (Wildman–Crippen LogP) is 2.33. The van der Waals surface area contributed by atoms with Crippen LogP contribution in [0, 0.1) is 17.2 Å². The second kappa shape index (κ2) is 8.13. The van der Waals surface area contributed by atoms with Gasteiger partial charge in [0.05, 0.1) is 24.5 Å². The largest absolute Gasteiger partial charge is 0.469 e. The minimum atomic E-state index is -0.113. The van der Waals surface area contributed by atoms with Crippen molar-refractivity contribution in [2.75, 3.05) is 26.7 Å². The van der Waals surface area contributed by atoms with Crippen LogP contribution in [0.5, 0.6) is 0 Å². The zero-order valence-corrected chi connectivity index (χ0v) is 14.5. The standard InChI is InChI=1S/C19H23N3O3/c1-24-19(23)10-14-6-8-22(9-7-14)13-17-11-18(21-25-17)16-4-2-15(12-20)3-5-16/h2-5,14,17H,6-11,13H2,1H3. The average Bonchev–Trinajstić information content (AvgIpc) is 3.12. The van der Waals surface area contributed by atoms with Crippen LogP contribution in [-0.4, -0.2) is 49.4 Å². The molecule has 0 aliphatic carbocycles. The van der Waals surface area contributed by atoms with E-state index in [0.29, 0.717) is 17.9 Å². The lowest BCUT2D eigenvalue weighted by Crippen LogP contribution is -2.39. The van der Waals surface area contributed by atoms with Gasteiger partial charge < -0.3 is 9.57 Å². The van der Waals surface area contributed by atoms with Crippen LogP contribution in [0.4, 0.5) is 0 Å². The number of esters is 1. The van der Waals surface area contributed by atoms with E-state index in [2.05, 4.69) is 16.1 Å². The number of carbonyl (C=O) groups is 1. The van der Waals surface area contributed by atoms with E-state index in [-0.39, 0.29) is 12.1 Å². The molecule has 2 aliphatic heterocycles. The minimum absolute atomic E-state index is 0.0720. The van der Waals surface area contributed by atoms with Crippen molar-refractivity contribution in [1.82, 2.24) is 4.90 Å². The Morgan fingerprint density at radius 2 is 2.08 bits per heavy atom. The number of benzene rings is 1. The fourth-order valence-corrected chi connectivity index (χ4v) is 3.41. The summed E-state index contributed by atoms with van der Waals surface area (Å²) in [5, 5.41) is 13.1. The van der Waals surface area contributed by atoms with Gasteiger partial charge in [0.25, 0.3) is 0 Å². The van der Waals surface area contributed by atoms with Crippen LogP contribution in [0.3, 0.4) is 0 Å². The summed E-state index contributed by atoms with van der Waals surface area (Å²) in [6, 6.07) is 9.56. The predicted molar refractivity (Wildman–Crippen MR) is 93.0 cm³/mol. The van der Waals surface area contributed by atoms with Crippen LogP contribution in [0.15, 0.2) is 29.4 Å². The minimum Gasteiger partial charge on any atom is -0.469 e. The molecule has 0 amide bonds. The van der Waals surface area contributed by atoms with E-state index in [1.165, 1.54) is 7.11 Å². The molecule has 0 bridgehead atoms. The van der Waals surface area contributed by atoms with Gasteiger partial charge in [0.1, 0.15) is 6.10 Å². The first-order valence-electron chi connectivity index (χ1n) is 8.70. The van der Waals surface area contributed by atoms with Gasteiger partial charge in [-0.05, 0) is 49.5 Å². The summed E-state index contributed by atoms with van der Waals surface area (Å²) in [4.78, 5) is 19.3. The Hall–Kier alpha value is -2.39. The Kier molecular flexibility index (Phi) is 5.67. The zero-order valence-electron chi connectivity index (χ0n) is 14.5. The molecule has 132 valence electrons. The second-order valence-electron chi connectivity index (χ2n) is 6.68. The molecular formula is C19H23N3O3. The number of hydrogen-bond donors (Lipinski definition) is 0. The van der Waals surface area contributed by atoms with Crippen LogP contribution >= 0.6 is 0 Å². The first-order valence-corrected chi connectivity index (χ1v) is 8.70. The van der Waals surface area contributed by atoms with E-state index in [1.807, 2.05) is 12.1 Å². The normalized spacial score (nSPS) is 21.3. The average molecular weight is 341 g/mol. The number of ether oxygens (including phenoxy) is 1. The summed E-state index contributed by atoms with van der Waals surface area (Å²) >= 11 is 0. The van der Waals surface area contributed by atoms with Gasteiger partial charge in [-0.15, -0.1) is 0 Å². The van der Waals surface area contributed by atoms with E-state index >= 15 is 0 Å². The maximum absolute atomic E-state index is 11.4. The third-order valence-corrected chi connectivity index (χ3v) is 4.93. The first kappa shape index (κ1) is 17.4. The van der Waals surface area contributed by atoms with Gasteiger partial charge >= 0.3 is 5.97 Å². The number of nitrogens with zero attached hydrogens (tertiary/aromatic N) is 3. The maximum Gasteiger partial charge on any atom is 0.305 e. The van der Waals surface area contributed by atoms with Crippen molar-refractivity contribution < 1.29 is 14.4 Å². The highest BCUT2D eigenvalue weighted by Crippen LogP contribution is 2.23. The van der Waals surface area contributed by atoms with Crippen LogP contribution in [0.25, 0.3) is 0 Å². The summed E-state index contributed by atoms with van der Waals surface area (Å²) in [6.07, 6.45) is 3.42. The molecule has 0 saturated carbocycles. The third kappa shape index (κ3) is 4.58. The summed E-state index contributed by atoms with van der Waals surface area (Å²) in [5.74, 6) is 0.316. The van der Waals surface area contributed by atoms with Crippen LogP contribution in [0.2, 0.25) is 0 Å². The molecule has 0 radical (unpaired) electrons. The van der Waals surface area contributed by atoms with Crippen LogP contribution in [0.1, 0.15) is 36.8 Å². The molecular weight excluding hydrogens is 318 g/mol. The molecule has 1 aromatic carbocycles. The van der Waals surface area contributed by atoms with Crippen LogP contribution in [-0.2, 0) is 14.4 Å². The summed E-state index contributed by atoms with van der Waals surface area (Å²) in [5.41, 5.74) is 2.60. The van der Waals surface area contributed by atoms with E-state index in [1.54, 1.807) is 12.1 Å². The lowest BCUT2D eigenvalue weighted by molar-refractivity contribution is -0.142. The lowest BCUT2D eigenvalue weighted by Gasteiger charge is -2.32. The van der Waals surface area contributed by atoms with E-state index < -0.39 is 0 Å². The molecule has 0 spiro atoms. The number of likely N-dealkylation sites (tertiary alicyclic amines) is 1. The number of oxime groups is 1. The Bertz CT molecular complexity index is 670. The van der Waals surface area contributed by atoms with Crippen molar-refractivity contribution in [2.24, 2.45) is 11.1 Å². The first-order chi connectivity index (χ1) is 12.2. The van der Waals surface area contributed by atoms with Gasteiger partial charge in [0.2, 0.25) is 0 Å². The SMILES string of the molecule is COC(=O)CC1CCN(CC2CC(c3ccc(C#N)cc3)=NO2)CC1. The molecule has 6 nitrogen and oxygen atoms in total. The van der Waals surface area contributed by atoms with Crippen LogP contribution < -0.4 is 0 Å². The number of nitriles is 1. The molecule has 1 unspecified atom stereocenters. The van der Waals surface area contributed by atoms with Crippen molar-refractivity contribution in [1.29, 1.82) is 5.26 Å². The monoisotopic (exact) mass is 341 g/mol. The molecule has 0 N–H and O–H groups in total. The van der Waals surface area contributed by atoms with Gasteiger partial charge in [-0.3, -0.25) is 9.69 Å². The van der Waals surface area contributed by atoms with Crippen molar-refractivity contribution in [2.45, 2.75) is 31.8 Å². The van der Waals surface area contributed by atoms with Gasteiger partial charge in [-0.25, -0.2) is 0 Å². The quantitative estimate of drug-likeness (QED) is 0.768. The molecule has 1 aromatic rings. The molecule has 1 saturated heterocycles. The molecule has 0 aromatic heterocycles. The second-order valence-corrected chi connectivity index (χ2v) is 6.68. The van der Waals surface area contributed by atoms with Gasteiger partial charge in [-0.1, -0.05) is 17.3 Å². The molecule has 3 rings (SSSR count). The topological polar surface area (TPSA) is 74.9 Å². The summed E-state index contributed by atoms with van der Waals surface area (Å²) in [6.45, 7) is 2.82. The number of piperidine rings is 1. The van der Waals surface area contributed by atoms with Crippen molar-refractivity contribution in [3.63, 3.8) is 0 Å². The Balaban J connectivity index is 1.44. The van der Waals surface area contributed by atoms with Crippen molar-refractivity contribution >= 4 is 11.7 Å². The maximum atomic E-state index is 11.4. The van der Waals surface area contributed by atoms with E-state index in [9.17, 15) is 4.79 Å². The molecule has 1 atom stereocenters. The van der Waals surface area contributed by atoms with E-state index in [0.717, 1.165) is 50.2 Å². The zero-order chi connectivity index (χ0) is 17.6. The fourth-order valence-electron chi connectivity index (χ4n) is 3.41. The fraction of sp³-hybridized carbons (Fsp3) is 0.526. The Morgan fingerprint density at radius 3 is 2.72 bits per heavy atom. The van der Waals surface area contributed by atoms with Gasteiger partial charge in [0.15, 0.2) is 0 Å². The van der Waals surface area contributed by atoms with E-state index in [4.69, 9.17) is 14.8 Å². The van der Waals surface area contributed by atoms with Gasteiger partial charge in [-0.2, -0.15) is 5.26 Å². The molecule has 6 heteroatoms. The van der Waals surface area contributed by atoms with Gasteiger partial charge in [0, 0.05) is 19.4 Å². The molecule has 2 aliphatic rings. The Morgan fingerprint density at radius 1 is 1.36 bits per heavy atom. The highest BCUT2D eigenvalue weighted by atomic mass is 16.6. The Labute approximate surface area is 148 Å². The number of carbonyl (C=O) groups excluding carboxylic acids is 1. The molecule has 25 heavy (non-hydrogen) atoms. The highest BCUT2D eigenvalue weighted by molar-refractivity contribution is 6.01. The number of rotatable bonds is 5. The number of methoxy groups -OCH3 is 1. The summed E-state index contributed by atoms with van der Waals surface area (Å²) < 4.78 is 4.75.